The average molecular weight is 264 g/mol. The van der Waals surface area contributed by atoms with Crippen LogP contribution in [0.5, 0.6) is 0 Å². The minimum Gasteiger partial charge on any atom is -0.385 e. The number of nitrogens with zero attached hydrogens (tertiary/aromatic N) is 1. The van der Waals surface area contributed by atoms with Gasteiger partial charge < -0.3 is 15.4 Å². The number of methoxy groups -OCH3 is 1. The van der Waals surface area contributed by atoms with Crippen LogP contribution in [0, 0.1) is 0 Å². The quantitative estimate of drug-likeness (QED) is 0.703. The van der Waals surface area contributed by atoms with Crippen molar-refractivity contribution >= 4 is 15.7 Å². The van der Waals surface area contributed by atoms with Crippen LogP contribution < -0.4 is 5.73 Å². The molecule has 1 heterocycles. The fourth-order valence-electron chi connectivity index (χ4n) is 1.91. The molecule has 0 aromatic heterocycles. The van der Waals surface area contributed by atoms with Gasteiger partial charge >= 0.3 is 0 Å². The molecule has 1 rings (SSSR count). The zero-order valence-corrected chi connectivity index (χ0v) is 11.1. The molecule has 2 unspecified atom stereocenters. The monoisotopic (exact) mass is 264 g/mol. The Morgan fingerprint density at radius 3 is 2.76 bits per heavy atom. The van der Waals surface area contributed by atoms with Crippen LogP contribution in [-0.4, -0.2) is 63.1 Å². The fourth-order valence-corrected chi connectivity index (χ4v) is 3.46. The second-order valence-corrected chi connectivity index (χ2v) is 6.61. The lowest BCUT2D eigenvalue weighted by Crippen LogP contribution is -2.54. The van der Waals surface area contributed by atoms with Gasteiger partial charge in [0.2, 0.25) is 5.91 Å². The summed E-state index contributed by atoms with van der Waals surface area (Å²) in [4.78, 5) is 13.5. The topological polar surface area (TPSA) is 89.7 Å². The lowest BCUT2D eigenvalue weighted by molar-refractivity contribution is -0.134. The molecular formula is C10H20N2O4S. The Kier molecular flexibility index (Phi) is 4.91. The molecule has 2 N–H and O–H groups in total. The van der Waals surface area contributed by atoms with E-state index in [0.717, 1.165) is 0 Å². The summed E-state index contributed by atoms with van der Waals surface area (Å²) in [6.45, 7) is 2.40. The zero-order valence-electron chi connectivity index (χ0n) is 10.3. The number of hydrogen-bond donors (Lipinski definition) is 1. The highest BCUT2D eigenvalue weighted by atomic mass is 32.2. The molecule has 1 amide bonds. The van der Waals surface area contributed by atoms with E-state index < -0.39 is 15.9 Å². The first-order valence-electron chi connectivity index (χ1n) is 5.63. The van der Waals surface area contributed by atoms with Gasteiger partial charge in [-0.2, -0.15) is 0 Å². The summed E-state index contributed by atoms with van der Waals surface area (Å²) in [5.41, 5.74) is 5.74. The van der Waals surface area contributed by atoms with E-state index in [1.165, 1.54) is 0 Å². The zero-order chi connectivity index (χ0) is 13.1. The number of ether oxygens (including phenoxy) is 1. The molecule has 1 saturated heterocycles. The average Bonchev–Trinajstić information content (AvgIpc) is 2.23. The number of hydrogen-bond acceptors (Lipinski definition) is 5. The van der Waals surface area contributed by atoms with E-state index in [4.69, 9.17) is 10.5 Å². The van der Waals surface area contributed by atoms with Crippen LogP contribution in [0.4, 0.5) is 0 Å². The molecule has 100 valence electrons. The number of amides is 1. The summed E-state index contributed by atoms with van der Waals surface area (Å²) in [6, 6.07) is -0.909. The van der Waals surface area contributed by atoms with Crippen LogP contribution in [-0.2, 0) is 19.4 Å². The summed E-state index contributed by atoms with van der Waals surface area (Å²) < 4.78 is 27.6. The third-order valence-corrected chi connectivity index (χ3v) is 4.70. The molecule has 17 heavy (non-hydrogen) atoms. The van der Waals surface area contributed by atoms with Crippen molar-refractivity contribution in [3.8, 4) is 0 Å². The highest BCUT2D eigenvalue weighted by Gasteiger charge is 2.33. The van der Waals surface area contributed by atoms with Crippen molar-refractivity contribution in [2.75, 3.05) is 31.8 Å². The fraction of sp³-hybridized carbons (Fsp3) is 0.900. The maximum atomic E-state index is 12.0. The van der Waals surface area contributed by atoms with Gasteiger partial charge in [-0.25, -0.2) is 8.42 Å². The van der Waals surface area contributed by atoms with Crippen molar-refractivity contribution in [3.05, 3.63) is 0 Å². The number of sulfone groups is 1. The van der Waals surface area contributed by atoms with Gasteiger partial charge in [0, 0.05) is 26.3 Å². The predicted molar refractivity (Wildman–Crippen MR) is 64.3 cm³/mol. The van der Waals surface area contributed by atoms with Crippen LogP contribution >= 0.6 is 0 Å². The summed E-state index contributed by atoms with van der Waals surface area (Å²) in [7, 11) is -1.45. The van der Waals surface area contributed by atoms with Gasteiger partial charge in [0.05, 0.1) is 17.5 Å². The van der Waals surface area contributed by atoms with Crippen molar-refractivity contribution in [2.45, 2.75) is 25.4 Å². The second-order valence-electron chi connectivity index (χ2n) is 4.38. The molecule has 7 heteroatoms. The highest BCUT2D eigenvalue weighted by molar-refractivity contribution is 7.91. The summed E-state index contributed by atoms with van der Waals surface area (Å²) in [5.74, 6) is -0.139. The molecule has 1 aliphatic rings. The molecule has 0 aliphatic carbocycles. The Hall–Kier alpha value is -0.660. The normalized spacial score (nSPS) is 25.6. The molecule has 0 aromatic carbocycles. The highest BCUT2D eigenvalue weighted by Crippen LogP contribution is 2.13. The van der Waals surface area contributed by atoms with E-state index >= 15 is 0 Å². The third kappa shape index (κ3) is 3.93. The lowest BCUT2D eigenvalue weighted by atomic mass is 10.1. The van der Waals surface area contributed by atoms with Crippen molar-refractivity contribution in [1.29, 1.82) is 0 Å². The minimum absolute atomic E-state index is 0.0235. The first-order chi connectivity index (χ1) is 7.87. The number of nitrogens with two attached hydrogens (primary N) is 1. The predicted octanol–water partition coefficient (Wildman–Crippen LogP) is -1.00. The van der Waals surface area contributed by atoms with Crippen LogP contribution in [0.3, 0.4) is 0 Å². The Bertz CT molecular complexity index is 369. The lowest BCUT2D eigenvalue weighted by Gasteiger charge is -2.34. The van der Waals surface area contributed by atoms with E-state index in [-0.39, 0.29) is 30.0 Å². The van der Waals surface area contributed by atoms with Crippen LogP contribution in [0.1, 0.15) is 13.3 Å². The molecule has 6 nitrogen and oxygen atoms in total. The molecule has 1 aliphatic heterocycles. The third-order valence-electron chi connectivity index (χ3n) is 2.90. The first-order valence-corrected chi connectivity index (χ1v) is 7.45. The number of carbonyl (C=O) groups is 1. The Morgan fingerprint density at radius 1 is 1.59 bits per heavy atom. The second kappa shape index (κ2) is 5.79. The van der Waals surface area contributed by atoms with Gasteiger partial charge in [-0.15, -0.1) is 0 Å². The SMILES string of the molecule is COCCC(N)C(=O)N1CCS(=O)(=O)CC1C. The summed E-state index contributed by atoms with van der Waals surface area (Å²) >= 11 is 0. The van der Waals surface area contributed by atoms with Crippen LogP contribution in [0.25, 0.3) is 0 Å². The van der Waals surface area contributed by atoms with Crippen LogP contribution in [0.2, 0.25) is 0 Å². The summed E-state index contributed by atoms with van der Waals surface area (Å²) in [5, 5.41) is 0. The molecule has 2 atom stereocenters. The maximum Gasteiger partial charge on any atom is 0.239 e. The molecule has 1 fully saturated rings. The molecular weight excluding hydrogens is 244 g/mol. The molecule has 0 spiro atoms. The first kappa shape index (κ1) is 14.4. The van der Waals surface area contributed by atoms with Gasteiger partial charge in [0.15, 0.2) is 9.84 Å². The maximum absolute atomic E-state index is 12.0. The Morgan fingerprint density at radius 2 is 2.24 bits per heavy atom. The molecule has 0 bridgehead atoms. The van der Waals surface area contributed by atoms with E-state index in [1.54, 1.807) is 18.9 Å². The van der Waals surface area contributed by atoms with Crippen molar-refractivity contribution in [3.63, 3.8) is 0 Å². The Labute approximate surface area is 102 Å². The molecule has 0 aromatic rings. The van der Waals surface area contributed by atoms with E-state index in [9.17, 15) is 13.2 Å². The van der Waals surface area contributed by atoms with Gasteiger partial charge in [-0.1, -0.05) is 0 Å². The van der Waals surface area contributed by atoms with Crippen molar-refractivity contribution in [2.24, 2.45) is 5.73 Å². The summed E-state index contributed by atoms with van der Waals surface area (Å²) in [6.07, 6.45) is 0.450. The van der Waals surface area contributed by atoms with Gasteiger partial charge in [-0.05, 0) is 13.3 Å². The number of rotatable bonds is 4. The molecule has 0 radical (unpaired) electrons. The van der Waals surface area contributed by atoms with Gasteiger partial charge in [0.1, 0.15) is 0 Å². The van der Waals surface area contributed by atoms with Crippen molar-refractivity contribution in [1.82, 2.24) is 4.90 Å². The molecule has 0 saturated carbocycles. The van der Waals surface area contributed by atoms with Crippen molar-refractivity contribution < 1.29 is 17.9 Å². The van der Waals surface area contributed by atoms with E-state index in [0.29, 0.717) is 13.0 Å². The van der Waals surface area contributed by atoms with Gasteiger partial charge in [-0.3, -0.25) is 4.79 Å². The minimum atomic E-state index is -3.00. The van der Waals surface area contributed by atoms with E-state index in [1.807, 2.05) is 0 Å². The van der Waals surface area contributed by atoms with Crippen LogP contribution in [0.15, 0.2) is 0 Å². The Balaban J connectivity index is 2.58. The van der Waals surface area contributed by atoms with Gasteiger partial charge in [0.25, 0.3) is 0 Å². The largest absolute Gasteiger partial charge is 0.385 e. The van der Waals surface area contributed by atoms with E-state index in [2.05, 4.69) is 0 Å². The number of carbonyl (C=O) groups excluding carboxylic acids is 1. The smallest absolute Gasteiger partial charge is 0.239 e. The standard InChI is InChI=1S/C10H20N2O4S/c1-8-7-17(14,15)6-4-12(8)10(13)9(11)3-5-16-2/h8-9H,3-7,11H2,1-2H3.